The Morgan fingerprint density at radius 1 is 1.44 bits per heavy atom. The number of nitrogens with one attached hydrogen (secondary N) is 1. The molecule has 3 N–H and O–H groups in total. The van der Waals surface area contributed by atoms with E-state index in [1.54, 1.807) is 20.8 Å². The van der Waals surface area contributed by atoms with Gasteiger partial charge >= 0.3 is 6.09 Å². The number of hydrogen-bond donors (Lipinski definition) is 2. The maximum Gasteiger partial charge on any atom is 0.410 e. The van der Waals surface area contributed by atoms with Gasteiger partial charge in [0.05, 0.1) is 12.5 Å². The van der Waals surface area contributed by atoms with Crippen LogP contribution in [0.15, 0.2) is 0 Å². The van der Waals surface area contributed by atoms with Crippen LogP contribution in [0.4, 0.5) is 9.18 Å². The van der Waals surface area contributed by atoms with Gasteiger partial charge in [-0.05, 0) is 27.2 Å². The smallest absolute Gasteiger partial charge is 0.410 e. The molecule has 2 atom stereocenters. The molecular formula is C11H20FN3O3. The molecule has 0 aromatic carbocycles. The lowest BCUT2D eigenvalue weighted by Crippen LogP contribution is -2.51. The fourth-order valence-electron chi connectivity index (χ4n) is 1.80. The van der Waals surface area contributed by atoms with Gasteiger partial charge in [-0.2, -0.15) is 0 Å². The summed E-state index contributed by atoms with van der Waals surface area (Å²) in [6.07, 6.45) is -1.74. The summed E-state index contributed by atoms with van der Waals surface area (Å²) in [5, 5.41) is 0. The van der Waals surface area contributed by atoms with Gasteiger partial charge in [-0.1, -0.05) is 0 Å². The van der Waals surface area contributed by atoms with E-state index in [0.29, 0.717) is 0 Å². The van der Waals surface area contributed by atoms with Gasteiger partial charge in [-0.3, -0.25) is 10.2 Å². The molecule has 1 fully saturated rings. The summed E-state index contributed by atoms with van der Waals surface area (Å²) < 4.78 is 18.9. The van der Waals surface area contributed by atoms with Crippen LogP contribution in [0.3, 0.4) is 0 Å². The highest BCUT2D eigenvalue weighted by Crippen LogP contribution is 2.22. The van der Waals surface area contributed by atoms with Gasteiger partial charge in [0.2, 0.25) is 5.91 Å². The van der Waals surface area contributed by atoms with Gasteiger partial charge in [0, 0.05) is 6.54 Å². The molecule has 0 spiro atoms. The molecule has 7 heteroatoms. The molecule has 1 saturated heterocycles. The van der Waals surface area contributed by atoms with E-state index in [-0.39, 0.29) is 19.5 Å². The molecule has 2 amide bonds. The summed E-state index contributed by atoms with van der Waals surface area (Å²) in [6.45, 7) is 5.37. The zero-order valence-corrected chi connectivity index (χ0v) is 10.9. The molecule has 0 aliphatic carbocycles. The molecule has 0 aromatic heterocycles. The number of halogens is 1. The van der Waals surface area contributed by atoms with Crippen molar-refractivity contribution in [3.05, 3.63) is 0 Å². The van der Waals surface area contributed by atoms with Gasteiger partial charge < -0.3 is 9.64 Å². The van der Waals surface area contributed by atoms with Crippen LogP contribution >= 0.6 is 0 Å². The number of carbonyl (C=O) groups excluding carboxylic acids is 2. The first-order valence-electron chi connectivity index (χ1n) is 5.87. The van der Waals surface area contributed by atoms with Gasteiger partial charge in [0.1, 0.15) is 11.8 Å². The highest BCUT2D eigenvalue weighted by Gasteiger charge is 2.37. The first-order chi connectivity index (χ1) is 8.24. The summed E-state index contributed by atoms with van der Waals surface area (Å²) >= 11 is 0. The first kappa shape index (κ1) is 14.7. The molecule has 1 heterocycles. The highest BCUT2D eigenvalue weighted by molar-refractivity contribution is 5.79. The van der Waals surface area contributed by atoms with E-state index >= 15 is 0 Å². The molecule has 0 radical (unpaired) electrons. The SMILES string of the molecule is CC(C)(C)OC(=O)N1CCC(C(=O)NN)C(F)C1. The third kappa shape index (κ3) is 3.83. The Kier molecular flexibility index (Phi) is 4.50. The number of rotatable bonds is 1. The van der Waals surface area contributed by atoms with Crippen molar-refractivity contribution in [2.24, 2.45) is 11.8 Å². The number of alkyl halides is 1. The lowest BCUT2D eigenvalue weighted by atomic mass is 9.94. The van der Waals surface area contributed by atoms with Crippen LogP contribution in [-0.4, -0.2) is 41.8 Å². The van der Waals surface area contributed by atoms with E-state index in [1.165, 1.54) is 4.90 Å². The second-order valence-electron chi connectivity index (χ2n) is 5.35. The Hall–Kier alpha value is -1.37. The van der Waals surface area contributed by atoms with E-state index < -0.39 is 29.7 Å². The van der Waals surface area contributed by atoms with Crippen molar-refractivity contribution in [2.75, 3.05) is 13.1 Å². The van der Waals surface area contributed by atoms with Crippen molar-refractivity contribution in [1.29, 1.82) is 0 Å². The molecule has 1 aliphatic rings. The Morgan fingerprint density at radius 2 is 2.06 bits per heavy atom. The fourth-order valence-corrected chi connectivity index (χ4v) is 1.80. The van der Waals surface area contributed by atoms with Gasteiger partial charge in [-0.15, -0.1) is 0 Å². The predicted molar refractivity (Wildman–Crippen MR) is 63.1 cm³/mol. The van der Waals surface area contributed by atoms with Crippen LogP contribution in [0.5, 0.6) is 0 Å². The Bertz CT molecular complexity index is 330. The second kappa shape index (κ2) is 5.51. The third-order valence-electron chi connectivity index (χ3n) is 2.67. The summed E-state index contributed by atoms with van der Waals surface area (Å²) in [6, 6.07) is 0. The quantitative estimate of drug-likeness (QED) is 0.410. The molecule has 18 heavy (non-hydrogen) atoms. The van der Waals surface area contributed by atoms with Crippen LogP contribution in [0.1, 0.15) is 27.2 Å². The summed E-state index contributed by atoms with van der Waals surface area (Å²) in [4.78, 5) is 24.3. The van der Waals surface area contributed by atoms with Crippen molar-refractivity contribution in [1.82, 2.24) is 10.3 Å². The van der Waals surface area contributed by atoms with Crippen LogP contribution in [-0.2, 0) is 9.53 Å². The van der Waals surface area contributed by atoms with Crippen LogP contribution in [0.25, 0.3) is 0 Å². The molecular weight excluding hydrogens is 241 g/mol. The number of ether oxygens (including phenoxy) is 1. The Morgan fingerprint density at radius 3 is 2.50 bits per heavy atom. The third-order valence-corrected chi connectivity index (χ3v) is 2.67. The first-order valence-corrected chi connectivity index (χ1v) is 5.87. The number of carbonyl (C=O) groups is 2. The maximum atomic E-state index is 13.8. The van der Waals surface area contributed by atoms with E-state index in [1.807, 2.05) is 5.43 Å². The van der Waals surface area contributed by atoms with E-state index in [0.717, 1.165) is 0 Å². The minimum Gasteiger partial charge on any atom is -0.444 e. The molecule has 0 aromatic rings. The highest BCUT2D eigenvalue weighted by atomic mass is 19.1. The molecule has 6 nitrogen and oxygen atoms in total. The monoisotopic (exact) mass is 261 g/mol. The van der Waals surface area contributed by atoms with Crippen molar-refractivity contribution in [3.63, 3.8) is 0 Å². The minimum atomic E-state index is -1.42. The Balaban J connectivity index is 2.55. The van der Waals surface area contributed by atoms with Crippen LogP contribution in [0, 0.1) is 5.92 Å². The standard InChI is InChI=1S/C11H20FN3O3/c1-11(2,3)18-10(17)15-5-4-7(8(12)6-15)9(16)14-13/h7-8H,4-6,13H2,1-3H3,(H,14,16). The number of amides is 2. The van der Waals surface area contributed by atoms with Crippen LogP contribution < -0.4 is 11.3 Å². The number of hydrogen-bond acceptors (Lipinski definition) is 4. The lowest BCUT2D eigenvalue weighted by molar-refractivity contribution is -0.129. The normalized spacial score (nSPS) is 24.6. The summed E-state index contributed by atoms with van der Waals surface area (Å²) in [5.74, 6) is 3.64. The number of nitrogens with zero attached hydrogens (tertiary/aromatic N) is 1. The van der Waals surface area contributed by atoms with Gasteiger partial charge in [0.25, 0.3) is 0 Å². The molecule has 0 bridgehead atoms. The second-order valence-corrected chi connectivity index (χ2v) is 5.35. The Labute approximate surface area is 106 Å². The number of nitrogens with two attached hydrogens (primary N) is 1. The van der Waals surface area contributed by atoms with Gasteiger partial charge in [-0.25, -0.2) is 15.0 Å². The molecule has 1 aliphatic heterocycles. The van der Waals surface area contributed by atoms with E-state index in [9.17, 15) is 14.0 Å². The number of hydrazine groups is 1. The van der Waals surface area contributed by atoms with E-state index in [2.05, 4.69) is 0 Å². The predicted octanol–water partition coefficient (Wildman–Crippen LogP) is 0.571. The average Bonchev–Trinajstić information content (AvgIpc) is 2.25. The molecule has 104 valence electrons. The van der Waals surface area contributed by atoms with Crippen molar-refractivity contribution < 1.29 is 18.7 Å². The average molecular weight is 261 g/mol. The number of piperidine rings is 1. The minimum absolute atomic E-state index is 0.146. The topological polar surface area (TPSA) is 84.7 Å². The summed E-state index contributed by atoms with van der Waals surface area (Å²) in [7, 11) is 0. The molecule has 0 saturated carbocycles. The van der Waals surface area contributed by atoms with E-state index in [4.69, 9.17) is 10.6 Å². The number of likely N-dealkylation sites (tertiary alicyclic amines) is 1. The fraction of sp³-hybridized carbons (Fsp3) is 0.818. The lowest BCUT2D eigenvalue weighted by Gasteiger charge is -2.34. The van der Waals surface area contributed by atoms with Crippen LogP contribution in [0.2, 0.25) is 0 Å². The zero-order valence-electron chi connectivity index (χ0n) is 10.9. The molecule has 2 unspecified atom stereocenters. The van der Waals surface area contributed by atoms with Gasteiger partial charge in [0.15, 0.2) is 0 Å². The van der Waals surface area contributed by atoms with Crippen molar-refractivity contribution in [2.45, 2.75) is 39.0 Å². The van der Waals surface area contributed by atoms with Crippen molar-refractivity contribution >= 4 is 12.0 Å². The molecule has 1 rings (SSSR count). The summed E-state index contributed by atoms with van der Waals surface area (Å²) in [5.41, 5.74) is 1.32. The zero-order chi connectivity index (χ0) is 13.9. The van der Waals surface area contributed by atoms with Crippen molar-refractivity contribution in [3.8, 4) is 0 Å². The maximum absolute atomic E-state index is 13.8. The largest absolute Gasteiger partial charge is 0.444 e.